The van der Waals surface area contributed by atoms with Crippen LogP contribution in [0.2, 0.25) is 0 Å². The number of hydrogen-bond donors (Lipinski definition) is 1. The van der Waals surface area contributed by atoms with Gasteiger partial charge in [0, 0.05) is 24.8 Å². The number of amides is 1. The second kappa shape index (κ2) is 7.91. The Bertz CT molecular complexity index is 631. The van der Waals surface area contributed by atoms with Gasteiger partial charge in [-0.05, 0) is 20.4 Å². The number of thioether (sulfide) groups is 1. The van der Waals surface area contributed by atoms with Crippen LogP contribution in [0.25, 0.3) is 11.3 Å². The van der Waals surface area contributed by atoms with Crippen LogP contribution in [0, 0.1) is 0 Å². The molecule has 0 bridgehead atoms. The lowest BCUT2D eigenvalue weighted by molar-refractivity contribution is 0.0951. The molecule has 1 N–H and O–H groups in total. The van der Waals surface area contributed by atoms with E-state index in [0.29, 0.717) is 23.0 Å². The molecule has 1 amide bonds. The molecule has 0 spiro atoms. The smallest absolute Gasteiger partial charge is 0.255 e. The zero-order valence-electron chi connectivity index (χ0n) is 13.0. The number of aromatic nitrogens is 2. The van der Waals surface area contributed by atoms with Crippen LogP contribution in [-0.4, -0.2) is 54.2 Å². The number of likely N-dealkylation sites (N-methyl/N-ethyl adjacent to an activating group) is 1. The topological polar surface area (TPSA) is 58.1 Å². The maximum absolute atomic E-state index is 12.4. The normalized spacial score (nSPS) is 10.7. The fourth-order valence-corrected chi connectivity index (χ4v) is 2.28. The lowest BCUT2D eigenvalue weighted by atomic mass is 10.1. The molecule has 0 saturated carbocycles. The minimum atomic E-state index is -0.145. The molecule has 0 saturated heterocycles. The highest BCUT2D eigenvalue weighted by Gasteiger charge is 2.15. The van der Waals surface area contributed by atoms with E-state index in [2.05, 4.69) is 15.3 Å². The molecule has 0 unspecified atom stereocenters. The molecule has 22 heavy (non-hydrogen) atoms. The highest BCUT2D eigenvalue weighted by molar-refractivity contribution is 7.98. The molecule has 0 atom stereocenters. The molecule has 1 aromatic heterocycles. The molecule has 2 aromatic rings. The molecule has 0 aliphatic carbocycles. The van der Waals surface area contributed by atoms with E-state index in [9.17, 15) is 4.79 Å². The van der Waals surface area contributed by atoms with Gasteiger partial charge in [0.05, 0.1) is 11.3 Å². The molecule has 5 nitrogen and oxygen atoms in total. The summed E-state index contributed by atoms with van der Waals surface area (Å²) >= 11 is 1.46. The maximum atomic E-state index is 12.4. The Balaban J connectivity index is 2.28. The Morgan fingerprint density at radius 2 is 2.00 bits per heavy atom. The first-order valence-electron chi connectivity index (χ1n) is 7.01. The molecule has 2 rings (SSSR count). The third kappa shape index (κ3) is 4.29. The summed E-state index contributed by atoms with van der Waals surface area (Å²) in [4.78, 5) is 23.2. The molecule has 6 heteroatoms. The Kier molecular flexibility index (Phi) is 5.91. The quantitative estimate of drug-likeness (QED) is 0.654. The average Bonchev–Trinajstić information content (AvgIpc) is 2.54. The van der Waals surface area contributed by atoms with Gasteiger partial charge < -0.3 is 10.2 Å². The van der Waals surface area contributed by atoms with Gasteiger partial charge in [-0.15, -0.1) is 0 Å². The summed E-state index contributed by atoms with van der Waals surface area (Å²) in [6.07, 6.45) is 3.52. The van der Waals surface area contributed by atoms with Crippen LogP contribution in [0.4, 0.5) is 0 Å². The average molecular weight is 316 g/mol. The van der Waals surface area contributed by atoms with Crippen molar-refractivity contribution in [3.05, 3.63) is 42.1 Å². The number of carbonyl (C=O) groups excluding carboxylic acids is 1. The Hall–Kier alpha value is -1.92. The van der Waals surface area contributed by atoms with Crippen molar-refractivity contribution in [2.45, 2.75) is 5.16 Å². The highest BCUT2D eigenvalue weighted by atomic mass is 32.2. The summed E-state index contributed by atoms with van der Waals surface area (Å²) in [5.41, 5.74) is 2.09. The van der Waals surface area contributed by atoms with Crippen molar-refractivity contribution in [1.82, 2.24) is 20.2 Å². The maximum Gasteiger partial charge on any atom is 0.255 e. The van der Waals surface area contributed by atoms with E-state index >= 15 is 0 Å². The van der Waals surface area contributed by atoms with Gasteiger partial charge in [-0.2, -0.15) is 0 Å². The molecule has 116 valence electrons. The Morgan fingerprint density at radius 1 is 1.27 bits per heavy atom. The van der Waals surface area contributed by atoms with Gasteiger partial charge in [-0.3, -0.25) is 4.79 Å². The number of benzene rings is 1. The molecule has 0 radical (unpaired) electrons. The SMILES string of the molecule is CSc1ncc(C(=O)NCCN(C)C)c(-c2ccccc2)n1. The minimum Gasteiger partial charge on any atom is -0.351 e. The zero-order valence-corrected chi connectivity index (χ0v) is 13.9. The monoisotopic (exact) mass is 316 g/mol. The Morgan fingerprint density at radius 3 is 2.64 bits per heavy atom. The molecular formula is C16H20N4OS. The lowest BCUT2D eigenvalue weighted by Gasteiger charge is -2.12. The third-order valence-electron chi connectivity index (χ3n) is 3.09. The first-order valence-corrected chi connectivity index (χ1v) is 8.23. The van der Waals surface area contributed by atoms with Gasteiger partial charge in [0.1, 0.15) is 0 Å². The number of rotatable bonds is 6. The van der Waals surface area contributed by atoms with Crippen LogP contribution in [0.1, 0.15) is 10.4 Å². The van der Waals surface area contributed by atoms with Gasteiger partial charge in [-0.1, -0.05) is 42.1 Å². The van der Waals surface area contributed by atoms with Gasteiger partial charge >= 0.3 is 0 Å². The first-order chi connectivity index (χ1) is 10.6. The molecule has 0 aliphatic rings. The molecule has 1 aromatic carbocycles. The van der Waals surface area contributed by atoms with Crippen LogP contribution < -0.4 is 5.32 Å². The van der Waals surface area contributed by atoms with E-state index in [0.717, 1.165) is 12.1 Å². The molecular weight excluding hydrogens is 296 g/mol. The summed E-state index contributed by atoms with van der Waals surface area (Å²) in [5, 5.41) is 3.57. The van der Waals surface area contributed by atoms with Crippen molar-refractivity contribution in [1.29, 1.82) is 0 Å². The zero-order chi connectivity index (χ0) is 15.9. The third-order valence-corrected chi connectivity index (χ3v) is 3.65. The highest BCUT2D eigenvalue weighted by Crippen LogP contribution is 2.23. The van der Waals surface area contributed by atoms with Crippen LogP contribution in [0.3, 0.4) is 0 Å². The number of nitrogens with one attached hydrogen (secondary N) is 1. The predicted molar refractivity (Wildman–Crippen MR) is 90.1 cm³/mol. The van der Waals surface area contributed by atoms with Crippen LogP contribution in [-0.2, 0) is 0 Å². The molecule has 0 fully saturated rings. The van der Waals surface area contributed by atoms with Gasteiger partial charge in [0.2, 0.25) is 0 Å². The van der Waals surface area contributed by atoms with Crippen molar-refractivity contribution < 1.29 is 4.79 Å². The van der Waals surface area contributed by atoms with Crippen LogP contribution in [0.15, 0.2) is 41.7 Å². The fourth-order valence-electron chi connectivity index (χ4n) is 1.93. The minimum absolute atomic E-state index is 0.145. The van der Waals surface area contributed by atoms with E-state index in [1.807, 2.05) is 55.6 Å². The number of nitrogens with zero attached hydrogens (tertiary/aromatic N) is 3. The summed E-state index contributed by atoms with van der Waals surface area (Å²) in [5.74, 6) is -0.145. The van der Waals surface area contributed by atoms with Crippen molar-refractivity contribution >= 4 is 17.7 Å². The van der Waals surface area contributed by atoms with E-state index in [1.165, 1.54) is 11.8 Å². The predicted octanol–water partition coefficient (Wildman–Crippen LogP) is 2.16. The second-order valence-corrected chi connectivity index (χ2v) is 5.82. The van der Waals surface area contributed by atoms with Gasteiger partial charge in [-0.25, -0.2) is 9.97 Å². The van der Waals surface area contributed by atoms with Gasteiger partial charge in [0.25, 0.3) is 5.91 Å². The number of hydrogen-bond acceptors (Lipinski definition) is 5. The van der Waals surface area contributed by atoms with Crippen molar-refractivity contribution in [2.75, 3.05) is 33.4 Å². The Labute approximate surface area is 135 Å². The summed E-state index contributed by atoms with van der Waals surface area (Å²) < 4.78 is 0. The van der Waals surface area contributed by atoms with Gasteiger partial charge in [0.15, 0.2) is 5.16 Å². The van der Waals surface area contributed by atoms with Crippen LogP contribution in [0.5, 0.6) is 0 Å². The lowest BCUT2D eigenvalue weighted by Crippen LogP contribution is -2.31. The van der Waals surface area contributed by atoms with Crippen molar-refractivity contribution in [3.8, 4) is 11.3 Å². The van der Waals surface area contributed by atoms with Crippen molar-refractivity contribution in [2.24, 2.45) is 0 Å². The summed E-state index contributed by atoms with van der Waals surface area (Å²) in [6.45, 7) is 1.38. The molecule has 1 heterocycles. The molecule has 0 aliphatic heterocycles. The first kappa shape index (κ1) is 16.5. The van der Waals surface area contributed by atoms with E-state index in [4.69, 9.17) is 0 Å². The fraction of sp³-hybridized carbons (Fsp3) is 0.312. The van der Waals surface area contributed by atoms with Crippen molar-refractivity contribution in [3.63, 3.8) is 0 Å². The largest absolute Gasteiger partial charge is 0.351 e. The standard InChI is InChI=1S/C16H20N4OS/c1-20(2)10-9-17-15(21)13-11-18-16(22-3)19-14(13)12-7-5-4-6-8-12/h4-8,11H,9-10H2,1-3H3,(H,17,21). The van der Waals surface area contributed by atoms with E-state index in [1.54, 1.807) is 6.20 Å². The van der Waals surface area contributed by atoms with Crippen LogP contribution >= 0.6 is 11.8 Å². The number of carbonyl (C=O) groups is 1. The summed E-state index contributed by atoms with van der Waals surface area (Å²) in [6, 6.07) is 9.71. The van der Waals surface area contributed by atoms with E-state index in [-0.39, 0.29) is 5.91 Å². The van der Waals surface area contributed by atoms with E-state index < -0.39 is 0 Å². The summed E-state index contributed by atoms with van der Waals surface area (Å²) in [7, 11) is 3.94. The second-order valence-electron chi connectivity index (χ2n) is 5.04.